The molecule has 36 heavy (non-hydrogen) atoms. The summed E-state index contributed by atoms with van der Waals surface area (Å²) in [6, 6.07) is 9.35. The lowest BCUT2D eigenvalue weighted by Gasteiger charge is -2.41. The predicted molar refractivity (Wildman–Crippen MR) is 134 cm³/mol. The highest BCUT2D eigenvalue weighted by Gasteiger charge is 2.45. The van der Waals surface area contributed by atoms with Crippen LogP contribution in [0.3, 0.4) is 0 Å². The van der Waals surface area contributed by atoms with Crippen molar-refractivity contribution < 1.29 is 22.8 Å². The molecule has 9 heteroatoms. The number of carbonyl (C=O) groups excluding carboxylic acids is 2. The Bertz CT molecular complexity index is 1090. The number of nitrogens with zero attached hydrogens (tertiary/aromatic N) is 3. The summed E-state index contributed by atoms with van der Waals surface area (Å²) in [5.74, 6) is -4.77. The number of halogens is 4. The molecule has 0 aromatic heterocycles. The molecular formula is C27H31ClF3N3O2. The van der Waals surface area contributed by atoms with Gasteiger partial charge in [-0.1, -0.05) is 11.6 Å². The van der Waals surface area contributed by atoms with Crippen molar-refractivity contribution in [2.75, 3.05) is 45.2 Å². The third-order valence-corrected chi connectivity index (χ3v) is 7.78. The summed E-state index contributed by atoms with van der Waals surface area (Å²) >= 11 is 6.38. The van der Waals surface area contributed by atoms with Crippen molar-refractivity contribution in [3.8, 4) is 0 Å². The van der Waals surface area contributed by atoms with Crippen LogP contribution >= 0.6 is 11.6 Å². The lowest BCUT2D eigenvalue weighted by Crippen LogP contribution is -2.47. The van der Waals surface area contributed by atoms with Crippen molar-refractivity contribution in [2.24, 2.45) is 11.8 Å². The fraction of sp³-hybridized carbons (Fsp3) is 0.481. The van der Waals surface area contributed by atoms with E-state index in [-0.39, 0.29) is 5.91 Å². The third-order valence-electron chi connectivity index (χ3n) is 7.46. The number of hydrogen-bond acceptors (Lipinski definition) is 3. The van der Waals surface area contributed by atoms with Crippen LogP contribution in [0, 0.1) is 17.7 Å². The molecule has 2 aromatic carbocycles. The number of amides is 2. The van der Waals surface area contributed by atoms with Gasteiger partial charge in [0.05, 0.1) is 10.6 Å². The van der Waals surface area contributed by atoms with E-state index in [1.807, 2.05) is 12.1 Å². The van der Waals surface area contributed by atoms with Crippen LogP contribution in [0.15, 0.2) is 42.5 Å². The minimum absolute atomic E-state index is 0.134. The Morgan fingerprint density at radius 1 is 0.917 bits per heavy atom. The number of benzene rings is 2. The van der Waals surface area contributed by atoms with Crippen molar-refractivity contribution in [3.05, 3.63) is 64.4 Å². The van der Waals surface area contributed by atoms with Gasteiger partial charge in [-0.2, -0.15) is 8.78 Å². The maximum atomic E-state index is 14.7. The quantitative estimate of drug-likeness (QED) is 0.527. The summed E-state index contributed by atoms with van der Waals surface area (Å²) in [5, 5.41) is 0.433. The number of likely N-dealkylation sites (tertiary alicyclic amines) is 1. The number of piperidine rings is 2. The molecule has 2 heterocycles. The van der Waals surface area contributed by atoms with Gasteiger partial charge in [0, 0.05) is 51.5 Å². The molecular weight excluding hydrogens is 491 g/mol. The molecule has 2 fully saturated rings. The highest BCUT2D eigenvalue weighted by Crippen LogP contribution is 2.37. The number of rotatable bonds is 5. The Morgan fingerprint density at radius 2 is 1.47 bits per heavy atom. The van der Waals surface area contributed by atoms with E-state index in [0.29, 0.717) is 48.4 Å². The van der Waals surface area contributed by atoms with Gasteiger partial charge in [0.25, 0.3) is 11.8 Å². The summed E-state index contributed by atoms with van der Waals surface area (Å²) in [4.78, 5) is 29.8. The molecule has 4 rings (SSSR count). The average molecular weight is 522 g/mol. The van der Waals surface area contributed by atoms with E-state index >= 15 is 0 Å². The summed E-state index contributed by atoms with van der Waals surface area (Å²) < 4.78 is 42.5. The van der Waals surface area contributed by atoms with Crippen LogP contribution in [0.25, 0.3) is 0 Å². The first-order valence-corrected chi connectivity index (χ1v) is 12.6. The maximum Gasteiger partial charge on any atom is 0.349 e. The zero-order valence-electron chi connectivity index (χ0n) is 20.5. The van der Waals surface area contributed by atoms with E-state index < -0.39 is 23.2 Å². The molecule has 0 spiro atoms. The van der Waals surface area contributed by atoms with Gasteiger partial charge in [0.15, 0.2) is 0 Å². The number of anilines is 1. The Kier molecular flexibility index (Phi) is 7.83. The van der Waals surface area contributed by atoms with Gasteiger partial charge in [-0.25, -0.2) is 4.39 Å². The minimum Gasteiger partial charge on any atom is -0.371 e. The number of alkyl halides is 2. The Hall–Kier alpha value is -2.74. The van der Waals surface area contributed by atoms with Crippen molar-refractivity contribution in [2.45, 2.75) is 31.6 Å². The first-order chi connectivity index (χ1) is 17.1. The lowest BCUT2D eigenvalue weighted by atomic mass is 9.78. The van der Waals surface area contributed by atoms with Crippen molar-refractivity contribution >= 4 is 29.1 Å². The van der Waals surface area contributed by atoms with E-state index in [1.165, 1.54) is 9.80 Å². The van der Waals surface area contributed by atoms with Gasteiger partial charge in [0.1, 0.15) is 5.82 Å². The van der Waals surface area contributed by atoms with Crippen LogP contribution in [0.5, 0.6) is 0 Å². The van der Waals surface area contributed by atoms with Gasteiger partial charge in [0.2, 0.25) is 0 Å². The number of hydrogen-bond donors (Lipinski definition) is 0. The van der Waals surface area contributed by atoms with Gasteiger partial charge in [-0.3, -0.25) is 9.59 Å². The number of carbonyl (C=O) groups is 2. The summed E-state index contributed by atoms with van der Waals surface area (Å²) in [6.07, 6.45) is 3.34. The minimum atomic E-state index is -3.67. The van der Waals surface area contributed by atoms with Crippen LogP contribution in [-0.4, -0.2) is 61.9 Å². The molecule has 2 aliphatic rings. The smallest absolute Gasteiger partial charge is 0.349 e. The van der Waals surface area contributed by atoms with Crippen molar-refractivity contribution in [1.29, 1.82) is 0 Å². The van der Waals surface area contributed by atoms with E-state index in [9.17, 15) is 22.8 Å². The Morgan fingerprint density at radius 3 is 2.00 bits per heavy atom. The topological polar surface area (TPSA) is 43.9 Å². The maximum absolute atomic E-state index is 14.7. The lowest BCUT2D eigenvalue weighted by molar-refractivity contribution is -0.160. The first-order valence-electron chi connectivity index (χ1n) is 12.3. The SMILES string of the molecule is CN(C)C(=O)c1ccc(N2CCC(C3CCN(C(=O)C(F)(F)c4ccc(F)cc4)CC3)CC2)cc1Cl. The average Bonchev–Trinajstić information content (AvgIpc) is 2.88. The molecule has 0 bridgehead atoms. The highest BCUT2D eigenvalue weighted by molar-refractivity contribution is 6.34. The van der Waals surface area contributed by atoms with Crippen LogP contribution in [-0.2, 0) is 10.7 Å². The molecule has 0 unspecified atom stereocenters. The summed E-state index contributed by atoms with van der Waals surface area (Å²) in [7, 11) is 3.38. The normalized spacial score (nSPS) is 17.8. The fourth-order valence-electron chi connectivity index (χ4n) is 5.30. The molecule has 5 nitrogen and oxygen atoms in total. The zero-order chi connectivity index (χ0) is 26.0. The molecule has 2 saturated heterocycles. The van der Waals surface area contributed by atoms with Crippen LogP contribution in [0.1, 0.15) is 41.6 Å². The fourth-order valence-corrected chi connectivity index (χ4v) is 5.55. The van der Waals surface area contributed by atoms with Crippen molar-refractivity contribution in [3.63, 3.8) is 0 Å². The summed E-state index contributed by atoms with van der Waals surface area (Å²) in [5.41, 5.74) is 0.978. The molecule has 2 aliphatic heterocycles. The third kappa shape index (κ3) is 5.48. The second kappa shape index (κ2) is 10.7. The first kappa shape index (κ1) is 26.3. The van der Waals surface area contributed by atoms with Gasteiger partial charge in [-0.15, -0.1) is 0 Å². The highest BCUT2D eigenvalue weighted by atomic mass is 35.5. The largest absolute Gasteiger partial charge is 0.371 e. The van der Waals surface area contributed by atoms with Crippen molar-refractivity contribution in [1.82, 2.24) is 9.80 Å². The second-order valence-corrected chi connectivity index (χ2v) is 10.3. The molecule has 0 atom stereocenters. The van der Waals surface area contributed by atoms with Crippen LogP contribution < -0.4 is 4.90 Å². The van der Waals surface area contributed by atoms with E-state index in [1.54, 1.807) is 20.2 Å². The predicted octanol–water partition coefficient (Wildman–Crippen LogP) is 5.43. The van der Waals surface area contributed by atoms with Crippen LogP contribution in [0.4, 0.5) is 18.9 Å². The molecule has 0 N–H and O–H groups in total. The molecule has 194 valence electrons. The second-order valence-electron chi connectivity index (χ2n) is 9.90. The van der Waals surface area contributed by atoms with Gasteiger partial charge in [-0.05, 0) is 80.0 Å². The van der Waals surface area contributed by atoms with Gasteiger partial charge >= 0.3 is 5.92 Å². The Balaban J connectivity index is 1.29. The van der Waals surface area contributed by atoms with E-state index in [2.05, 4.69) is 4.90 Å². The molecule has 2 aromatic rings. The molecule has 0 radical (unpaired) electrons. The molecule has 0 aliphatic carbocycles. The van der Waals surface area contributed by atoms with Crippen LogP contribution in [0.2, 0.25) is 5.02 Å². The summed E-state index contributed by atoms with van der Waals surface area (Å²) in [6.45, 7) is 2.31. The molecule has 2 amide bonds. The van der Waals surface area contributed by atoms with E-state index in [4.69, 9.17) is 11.6 Å². The monoisotopic (exact) mass is 521 g/mol. The molecule has 0 saturated carbocycles. The van der Waals surface area contributed by atoms with E-state index in [0.717, 1.165) is 55.9 Å². The van der Waals surface area contributed by atoms with Gasteiger partial charge < -0.3 is 14.7 Å². The zero-order valence-corrected chi connectivity index (χ0v) is 21.3. The Labute approximate surface area is 214 Å². The standard InChI is InChI=1S/C27H31ClF3N3O2/c1-32(2)25(35)23-8-7-22(17-24(23)28)33-13-9-18(10-14-33)19-11-15-34(16-12-19)26(36)27(30,31)20-3-5-21(29)6-4-20/h3-8,17-19H,9-16H2,1-2H3.